The van der Waals surface area contributed by atoms with Crippen molar-refractivity contribution in [3.8, 4) is 0 Å². The molecule has 1 saturated heterocycles. The van der Waals surface area contributed by atoms with Gasteiger partial charge in [0.1, 0.15) is 11.9 Å². The Labute approximate surface area is 115 Å². The van der Waals surface area contributed by atoms with E-state index in [9.17, 15) is 14.0 Å². The third kappa shape index (κ3) is 2.51. The van der Waals surface area contributed by atoms with Gasteiger partial charge in [-0.3, -0.25) is 4.79 Å². The Balaban J connectivity index is 2.28. The molecule has 0 radical (unpaired) electrons. The highest BCUT2D eigenvalue weighted by atomic mass is 79.9. The number of carboxylic acids is 1. The van der Waals surface area contributed by atoms with Crippen molar-refractivity contribution in [1.29, 1.82) is 0 Å². The predicted octanol–water partition coefficient (Wildman–Crippen LogP) is 2.19. The summed E-state index contributed by atoms with van der Waals surface area (Å²) < 4.78 is 14.2. The first kappa shape index (κ1) is 13.4. The summed E-state index contributed by atoms with van der Waals surface area (Å²) in [4.78, 5) is 24.2. The number of rotatable bonds is 2. The number of carboxylic acid groups (broad SMARTS) is 1. The quantitative estimate of drug-likeness (QED) is 0.901. The molecule has 4 nitrogen and oxygen atoms in total. The van der Waals surface area contributed by atoms with Gasteiger partial charge in [-0.25, -0.2) is 9.18 Å². The second-order valence-corrected chi connectivity index (χ2v) is 5.67. The summed E-state index contributed by atoms with van der Waals surface area (Å²) in [5.74, 6) is -1.71. The molecule has 1 amide bonds. The molecule has 0 aromatic heterocycles. The van der Waals surface area contributed by atoms with E-state index in [1.807, 2.05) is 0 Å². The van der Waals surface area contributed by atoms with Crippen molar-refractivity contribution in [3.05, 3.63) is 34.1 Å². The Morgan fingerprint density at radius 3 is 2.83 bits per heavy atom. The minimum Gasteiger partial charge on any atom is -0.480 e. The topological polar surface area (TPSA) is 57.6 Å². The van der Waals surface area contributed by atoms with Crippen molar-refractivity contribution < 1.29 is 19.1 Å². The van der Waals surface area contributed by atoms with Gasteiger partial charge in [0.15, 0.2) is 0 Å². The van der Waals surface area contributed by atoms with Crippen molar-refractivity contribution in [2.24, 2.45) is 0 Å². The summed E-state index contributed by atoms with van der Waals surface area (Å²) in [6, 6.07) is 3.20. The maximum Gasteiger partial charge on any atom is 0.327 e. The predicted molar refractivity (Wildman–Crippen MR) is 69.0 cm³/mol. The molecule has 0 bridgehead atoms. The lowest BCUT2D eigenvalue weighted by Gasteiger charge is -2.20. The molecular formula is C11H9BrFNO3S. The van der Waals surface area contributed by atoms with Gasteiger partial charge in [-0.2, -0.15) is 0 Å². The molecule has 7 heteroatoms. The number of hydrogen-bond donors (Lipinski definition) is 1. The normalized spacial score (nSPS) is 19.0. The van der Waals surface area contributed by atoms with Crippen LogP contribution in [0.2, 0.25) is 0 Å². The van der Waals surface area contributed by atoms with Gasteiger partial charge in [-0.15, -0.1) is 11.8 Å². The van der Waals surface area contributed by atoms with E-state index >= 15 is 0 Å². The monoisotopic (exact) mass is 333 g/mol. The van der Waals surface area contributed by atoms with Crippen LogP contribution in [0.4, 0.5) is 4.39 Å². The van der Waals surface area contributed by atoms with E-state index in [2.05, 4.69) is 15.9 Å². The van der Waals surface area contributed by atoms with Gasteiger partial charge in [0.2, 0.25) is 0 Å². The van der Waals surface area contributed by atoms with Crippen molar-refractivity contribution >= 4 is 39.6 Å². The van der Waals surface area contributed by atoms with Crippen LogP contribution in [0.1, 0.15) is 10.4 Å². The Bertz CT molecular complexity index is 511. The van der Waals surface area contributed by atoms with E-state index in [1.165, 1.54) is 28.8 Å². The minimum absolute atomic E-state index is 0.105. The molecule has 2 rings (SSSR count). The lowest BCUT2D eigenvalue weighted by atomic mass is 10.1. The zero-order valence-electron chi connectivity index (χ0n) is 9.10. The standard InChI is InChI=1S/C11H9BrFNO3S/c12-6-1-2-7(8(13)3-6)10(15)14-5-18-4-9(14)11(16)17/h1-3,9H,4-5H2,(H,16,17). The molecule has 1 N–H and O–H groups in total. The molecular weight excluding hydrogens is 325 g/mol. The van der Waals surface area contributed by atoms with Crippen molar-refractivity contribution in [3.63, 3.8) is 0 Å². The first-order valence-corrected chi connectivity index (χ1v) is 7.02. The molecule has 1 atom stereocenters. The highest BCUT2D eigenvalue weighted by Crippen LogP contribution is 2.25. The van der Waals surface area contributed by atoms with Crippen LogP contribution in [0.25, 0.3) is 0 Å². The van der Waals surface area contributed by atoms with E-state index in [-0.39, 0.29) is 11.4 Å². The number of aliphatic carboxylic acids is 1. The van der Waals surface area contributed by atoms with Crippen LogP contribution in [0.5, 0.6) is 0 Å². The van der Waals surface area contributed by atoms with Crippen LogP contribution < -0.4 is 0 Å². The summed E-state index contributed by atoms with van der Waals surface area (Å²) in [7, 11) is 0. The SMILES string of the molecule is O=C(O)C1CSCN1C(=O)c1ccc(Br)cc1F. The fourth-order valence-corrected chi connectivity index (χ4v) is 3.14. The molecule has 96 valence electrons. The zero-order chi connectivity index (χ0) is 13.3. The van der Waals surface area contributed by atoms with Gasteiger partial charge < -0.3 is 10.0 Å². The number of carbonyl (C=O) groups excluding carboxylic acids is 1. The van der Waals surface area contributed by atoms with Crippen molar-refractivity contribution in [2.45, 2.75) is 6.04 Å². The molecule has 1 heterocycles. The van der Waals surface area contributed by atoms with Gasteiger partial charge in [0.25, 0.3) is 5.91 Å². The molecule has 1 aromatic carbocycles. The summed E-state index contributed by atoms with van der Waals surface area (Å²) in [6.07, 6.45) is 0. The van der Waals surface area contributed by atoms with Gasteiger partial charge in [-0.1, -0.05) is 15.9 Å². The number of carbonyl (C=O) groups is 2. The van der Waals surface area contributed by atoms with Crippen LogP contribution in [-0.4, -0.2) is 39.6 Å². The molecule has 0 aliphatic carbocycles. The Hall–Kier alpha value is -1.08. The molecule has 1 aliphatic rings. The number of benzene rings is 1. The number of nitrogens with zero attached hydrogens (tertiary/aromatic N) is 1. The average molecular weight is 334 g/mol. The average Bonchev–Trinajstić information content (AvgIpc) is 2.77. The Kier molecular flexibility index (Phi) is 3.91. The van der Waals surface area contributed by atoms with Crippen LogP contribution in [0.15, 0.2) is 22.7 Å². The molecule has 0 saturated carbocycles. The molecule has 1 aliphatic heterocycles. The maximum absolute atomic E-state index is 13.7. The number of halogens is 2. The highest BCUT2D eigenvalue weighted by Gasteiger charge is 2.35. The van der Waals surface area contributed by atoms with Crippen molar-refractivity contribution in [1.82, 2.24) is 4.90 Å². The van der Waals surface area contributed by atoms with E-state index in [0.717, 1.165) is 0 Å². The molecule has 1 fully saturated rings. The van der Waals surface area contributed by atoms with E-state index in [0.29, 0.717) is 10.2 Å². The summed E-state index contributed by atoms with van der Waals surface area (Å²) in [6.45, 7) is 0. The van der Waals surface area contributed by atoms with Crippen LogP contribution in [0.3, 0.4) is 0 Å². The van der Waals surface area contributed by atoms with Gasteiger partial charge in [0.05, 0.1) is 11.4 Å². The van der Waals surface area contributed by atoms with Gasteiger partial charge >= 0.3 is 5.97 Å². The van der Waals surface area contributed by atoms with Crippen LogP contribution in [-0.2, 0) is 4.79 Å². The van der Waals surface area contributed by atoms with Gasteiger partial charge in [-0.05, 0) is 18.2 Å². The first-order chi connectivity index (χ1) is 8.50. The van der Waals surface area contributed by atoms with Crippen LogP contribution in [0, 0.1) is 5.82 Å². The summed E-state index contributed by atoms with van der Waals surface area (Å²) in [5.41, 5.74) is -0.105. The van der Waals surface area contributed by atoms with Crippen molar-refractivity contribution in [2.75, 3.05) is 11.6 Å². The van der Waals surface area contributed by atoms with Crippen LogP contribution >= 0.6 is 27.7 Å². The Morgan fingerprint density at radius 2 is 2.22 bits per heavy atom. The second kappa shape index (κ2) is 5.27. The highest BCUT2D eigenvalue weighted by molar-refractivity contribution is 9.10. The largest absolute Gasteiger partial charge is 0.480 e. The first-order valence-electron chi connectivity index (χ1n) is 5.07. The molecule has 18 heavy (non-hydrogen) atoms. The smallest absolute Gasteiger partial charge is 0.327 e. The molecule has 1 aromatic rings. The summed E-state index contributed by atoms with van der Waals surface area (Å²) in [5, 5.41) is 8.98. The minimum atomic E-state index is -1.06. The molecule has 0 spiro atoms. The number of amides is 1. The fourth-order valence-electron chi connectivity index (χ4n) is 1.67. The van der Waals surface area contributed by atoms with E-state index in [1.54, 1.807) is 6.07 Å². The van der Waals surface area contributed by atoms with E-state index in [4.69, 9.17) is 5.11 Å². The van der Waals surface area contributed by atoms with Gasteiger partial charge in [0, 0.05) is 10.2 Å². The summed E-state index contributed by atoms with van der Waals surface area (Å²) >= 11 is 4.44. The Morgan fingerprint density at radius 1 is 1.50 bits per heavy atom. The third-order valence-corrected chi connectivity index (χ3v) is 4.10. The number of thioether (sulfide) groups is 1. The maximum atomic E-state index is 13.7. The zero-order valence-corrected chi connectivity index (χ0v) is 11.5. The second-order valence-electron chi connectivity index (χ2n) is 3.75. The lowest BCUT2D eigenvalue weighted by molar-refractivity contribution is -0.140. The molecule has 1 unspecified atom stereocenters. The third-order valence-electron chi connectivity index (χ3n) is 2.59. The fraction of sp³-hybridized carbons (Fsp3) is 0.273. The lowest BCUT2D eigenvalue weighted by Crippen LogP contribution is -2.42. The number of hydrogen-bond acceptors (Lipinski definition) is 3. The van der Waals surface area contributed by atoms with E-state index < -0.39 is 23.7 Å².